The first kappa shape index (κ1) is 18.8. The zero-order chi connectivity index (χ0) is 18.9. The zero-order valence-electron chi connectivity index (χ0n) is 14.3. The predicted molar refractivity (Wildman–Crippen MR) is 95.5 cm³/mol. The van der Waals surface area contributed by atoms with Crippen LogP contribution < -0.4 is 0 Å². The molecule has 0 aromatic heterocycles. The second-order valence-corrected chi connectivity index (χ2v) is 5.56. The number of ketones is 1. The number of benzene rings is 2. The number of rotatable bonds is 6. The second-order valence-electron chi connectivity index (χ2n) is 5.56. The Morgan fingerprint density at radius 3 is 1.81 bits per heavy atom. The van der Waals surface area contributed by atoms with Gasteiger partial charge >= 0.3 is 11.9 Å². The van der Waals surface area contributed by atoms with Gasteiger partial charge in [-0.05, 0) is 18.1 Å². The summed E-state index contributed by atoms with van der Waals surface area (Å²) in [7, 11) is 0. The fraction of sp³-hybridized carbons (Fsp3) is 0.143. The summed E-state index contributed by atoms with van der Waals surface area (Å²) in [5, 5.41) is 9.55. The average molecular weight is 347 g/mol. The molecule has 0 saturated carbocycles. The van der Waals surface area contributed by atoms with Crippen LogP contribution in [0.4, 0.5) is 0 Å². The Labute approximate surface area is 151 Å². The highest BCUT2D eigenvalue weighted by Crippen LogP contribution is 2.27. The van der Waals surface area contributed by atoms with Gasteiger partial charge < -0.3 is 9.53 Å². The van der Waals surface area contributed by atoms with Gasteiger partial charge in [0.1, 0.15) is 17.4 Å². The number of esters is 2. The standard InChI is InChI=1S/C21H17NO4/c1-15(23)12-13-19(24)26-21(25)18(14-22)20(16-8-4-2-5-9-16)17-10-6-3-7-11-17/h2-11H,12-13H2,1H3. The molecule has 0 atom stereocenters. The average Bonchev–Trinajstić information content (AvgIpc) is 2.65. The fourth-order valence-corrected chi connectivity index (χ4v) is 2.35. The minimum atomic E-state index is -1.02. The van der Waals surface area contributed by atoms with E-state index < -0.39 is 11.9 Å². The summed E-state index contributed by atoms with van der Waals surface area (Å²) >= 11 is 0. The second kappa shape index (κ2) is 9.09. The van der Waals surface area contributed by atoms with Crippen LogP contribution in [0.25, 0.3) is 5.57 Å². The van der Waals surface area contributed by atoms with E-state index in [0.717, 1.165) is 0 Å². The van der Waals surface area contributed by atoms with Crippen LogP contribution in [0.5, 0.6) is 0 Å². The topological polar surface area (TPSA) is 84.2 Å². The van der Waals surface area contributed by atoms with Crippen LogP contribution in [0.2, 0.25) is 0 Å². The minimum absolute atomic E-state index is 0.0120. The lowest BCUT2D eigenvalue weighted by Crippen LogP contribution is -2.16. The Balaban J connectivity index is 2.42. The number of carbonyl (C=O) groups is 3. The molecule has 2 rings (SSSR count). The third-order valence-electron chi connectivity index (χ3n) is 3.58. The predicted octanol–water partition coefficient (Wildman–Crippen LogP) is 3.45. The molecular weight excluding hydrogens is 330 g/mol. The molecular formula is C21H17NO4. The van der Waals surface area contributed by atoms with Crippen molar-refractivity contribution in [2.24, 2.45) is 0 Å². The minimum Gasteiger partial charge on any atom is -0.389 e. The molecule has 2 aromatic rings. The molecule has 5 heteroatoms. The van der Waals surface area contributed by atoms with Crippen molar-refractivity contribution < 1.29 is 19.1 Å². The van der Waals surface area contributed by atoms with Crippen molar-refractivity contribution in [3.05, 3.63) is 77.4 Å². The largest absolute Gasteiger partial charge is 0.389 e. The van der Waals surface area contributed by atoms with E-state index in [4.69, 9.17) is 4.74 Å². The molecule has 0 bridgehead atoms. The molecule has 0 unspecified atom stereocenters. The highest BCUT2D eigenvalue weighted by Gasteiger charge is 2.22. The van der Waals surface area contributed by atoms with Crippen LogP contribution >= 0.6 is 0 Å². The lowest BCUT2D eigenvalue weighted by atomic mass is 9.93. The van der Waals surface area contributed by atoms with E-state index in [0.29, 0.717) is 16.7 Å². The first-order chi connectivity index (χ1) is 12.5. The maximum Gasteiger partial charge on any atom is 0.357 e. The molecule has 0 heterocycles. The number of nitrogens with zero attached hydrogens (tertiary/aromatic N) is 1. The van der Waals surface area contributed by atoms with Crippen LogP contribution in [-0.2, 0) is 19.1 Å². The van der Waals surface area contributed by atoms with Gasteiger partial charge in [0, 0.05) is 12.0 Å². The Kier molecular flexibility index (Phi) is 6.58. The van der Waals surface area contributed by atoms with Crippen molar-refractivity contribution in [2.75, 3.05) is 0 Å². The summed E-state index contributed by atoms with van der Waals surface area (Å²) < 4.78 is 4.77. The summed E-state index contributed by atoms with van der Waals surface area (Å²) in [5.74, 6) is -2.04. The normalized spacial score (nSPS) is 9.69. The van der Waals surface area contributed by atoms with Gasteiger partial charge in [-0.3, -0.25) is 4.79 Å². The third-order valence-corrected chi connectivity index (χ3v) is 3.58. The smallest absolute Gasteiger partial charge is 0.357 e. The van der Waals surface area contributed by atoms with Crippen molar-refractivity contribution in [1.82, 2.24) is 0 Å². The molecule has 0 fully saturated rings. The van der Waals surface area contributed by atoms with Crippen LogP contribution in [0.3, 0.4) is 0 Å². The number of Topliss-reactive ketones (excluding diaryl/α,β-unsaturated/α-hetero) is 1. The number of carbonyl (C=O) groups excluding carboxylic acids is 3. The number of hydrogen-bond donors (Lipinski definition) is 0. The van der Waals surface area contributed by atoms with E-state index >= 15 is 0 Å². The summed E-state index contributed by atoms with van der Waals surface area (Å²) in [6.45, 7) is 1.35. The van der Waals surface area contributed by atoms with E-state index in [1.54, 1.807) is 48.5 Å². The molecule has 130 valence electrons. The van der Waals surface area contributed by atoms with Crippen molar-refractivity contribution in [1.29, 1.82) is 5.26 Å². The lowest BCUT2D eigenvalue weighted by molar-refractivity contribution is -0.157. The lowest BCUT2D eigenvalue weighted by Gasteiger charge is -2.11. The molecule has 0 radical (unpaired) electrons. The van der Waals surface area contributed by atoms with E-state index in [9.17, 15) is 19.6 Å². The van der Waals surface area contributed by atoms with Crippen molar-refractivity contribution >= 4 is 23.3 Å². The first-order valence-electron chi connectivity index (χ1n) is 8.02. The molecule has 0 amide bonds. The summed E-state index contributed by atoms with van der Waals surface area (Å²) in [6.07, 6.45) is -0.215. The van der Waals surface area contributed by atoms with Crippen LogP contribution in [0.15, 0.2) is 66.2 Å². The van der Waals surface area contributed by atoms with E-state index in [-0.39, 0.29) is 24.2 Å². The number of hydrogen-bond acceptors (Lipinski definition) is 5. The van der Waals surface area contributed by atoms with Crippen molar-refractivity contribution in [3.63, 3.8) is 0 Å². The fourth-order valence-electron chi connectivity index (χ4n) is 2.35. The Hall–Kier alpha value is -3.52. The molecule has 2 aromatic carbocycles. The molecule has 26 heavy (non-hydrogen) atoms. The van der Waals surface area contributed by atoms with Gasteiger partial charge in [-0.1, -0.05) is 60.7 Å². The summed E-state index contributed by atoms with van der Waals surface area (Å²) in [6, 6.07) is 19.7. The summed E-state index contributed by atoms with van der Waals surface area (Å²) in [4.78, 5) is 35.1. The highest BCUT2D eigenvalue weighted by molar-refractivity contribution is 6.08. The quantitative estimate of drug-likeness (QED) is 0.346. The molecule has 5 nitrogen and oxygen atoms in total. The van der Waals surface area contributed by atoms with Crippen LogP contribution in [0.1, 0.15) is 30.9 Å². The number of nitriles is 1. The monoisotopic (exact) mass is 347 g/mol. The molecule has 0 spiro atoms. The van der Waals surface area contributed by atoms with Gasteiger partial charge in [0.2, 0.25) is 0 Å². The Morgan fingerprint density at radius 1 is 0.885 bits per heavy atom. The van der Waals surface area contributed by atoms with Gasteiger partial charge in [0.05, 0.1) is 6.42 Å². The van der Waals surface area contributed by atoms with Gasteiger partial charge in [-0.15, -0.1) is 0 Å². The van der Waals surface area contributed by atoms with Crippen LogP contribution in [0, 0.1) is 11.3 Å². The van der Waals surface area contributed by atoms with Gasteiger partial charge in [0.25, 0.3) is 0 Å². The van der Waals surface area contributed by atoms with Crippen molar-refractivity contribution in [3.8, 4) is 6.07 Å². The molecule has 0 aliphatic rings. The van der Waals surface area contributed by atoms with Crippen molar-refractivity contribution in [2.45, 2.75) is 19.8 Å². The summed E-state index contributed by atoms with van der Waals surface area (Å²) in [5.41, 5.74) is 1.43. The Bertz CT molecular complexity index is 836. The third kappa shape index (κ3) is 4.99. The molecule has 0 aliphatic carbocycles. The zero-order valence-corrected chi connectivity index (χ0v) is 14.3. The Morgan fingerprint density at radius 2 is 1.38 bits per heavy atom. The van der Waals surface area contributed by atoms with Gasteiger partial charge in [0.15, 0.2) is 0 Å². The maximum atomic E-state index is 12.4. The number of ether oxygens (including phenoxy) is 1. The highest BCUT2D eigenvalue weighted by atomic mass is 16.6. The SMILES string of the molecule is CC(=O)CCC(=O)OC(=O)C(C#N)=C(c1ccccc1)c1ccccc1. The molecule has 0 aliphatic heterocycles. The van der Waals surface area contributed by atoms with Gasteiger partial charge in [-0.2, -0.15) is 5.26 Å². The van der Waals surface area contributed by atoms with E-state index in [2.05, 4.69) is 0 Å². The first-order valence-corrected chi connectivity index (χ1v) is 8.02. The molecule has 0 saturated heterocycles. The van der Waals surface area contributed by atoms with E-state index in [1.807, 2.05) is 18.2 Å². The maximum absolute atomic E-state index is 12.4. The molecule has 0 N–H and O–H groups in total. The van der Waals surface area contributed by atoms with Gasteiger partial charge in [-0.25, -0.2) is 4.79 Å². The van der Waals surface area contributed by atoms with Crippen LogP contribution in [-0.4, -0.2) is 17.7 Å². The van der Waals surface area contributed by atoms with E-state index in [1.165, 1.54) is 6.92 Å².